The standard InChI is InChI=1S/C18H34O2/c1-5-8-9-10-11-12-15-20-18(19)16(4)17(13-6-2)14-7-3/h5-15H2,1-4H3. The van der Waals surface area contributed by atoms with E-state index < -0.39 is 0 Å². The van der Waals surface area contributed by atoms with Crippen LogP contribution in [0.15, 0.2) is 11.1 Å². The molecule has 2 nitrogen and oxygen atoms in total. The van der Waals surface area contributed by atoms with Crippen LogP contribution in [-0.2, 0) is 9.53 Å². The summed E-state index contributed by atoms with van der Waals surface area (Å²) in [6.45, 7) is 9.04. The predicted molar refractivity (Wildman–Crippen MR) is 86.9 cm³/mol. The number of carbonyl (C=O) groups is 1. The Morgan fingerprint density at radius 1 is 0.800 bits per heavy atom. The van der Waals surface area contributed by atoms with Crippen molar-refractivity contribution >= 4 is 5.97 Å². The maximum Gasteiger partial charge on any atom is 0.333 e. The Morgan fingerprint density at radius 3 is 1.90 bits per heavy atom. The molecular formula is C18H34O2. The minimum atomic E-state index is -0.101. The van der Waals surface area contributed by atoms with Crippen LogP contribution in [0.25, 0.3) is 0 Å². The average molecular weight is 282 g/mol. The van der Waals surface area contributed by atoms with Gasteiger partial charge in [0.1, 0.15) is 0 Å². The van der Waals surface area contributed by atoms with E-state index in [1.807, 2.05) is 6.92 Å². The van der Waals surface area contributed by atoms with E-state index in [4.69, 9.17) is 4.74 Å². The Balaban J connectivity index is 3.96. The lowest BCUT2D eigenvalue weighted by Gasteiger charge is -2.11. The summed E-state index contributed by atoms with van der Waals surface area (Å²) in [5, 5.41) is 0. The van der Waals surface area contributed by atoms with E-state index in [2.05, 4.69) is 20.8 Å². The second kappa shape index (κ2) is 13.2. The van der Waals surface area contributed by atoms with Crippen LogP contribution in [0.1, 0.15) is 91.9 Å². The summed E-state index contributed by atoms with van der Waals surface area (Å²) in [5.74, 6) is -0.101. The molecule has 0 radical (unpaired) electrons. The van der Waals surface area contributed by atoms with Gasteiger partial charge in [-0.15, -0.1) is 0 Å². The molecule has 0 aliphatic rings. The van der Waals surface area contributed by atoms with Gasteiger partial charge in [-0.3, -0.25) is 0 Å². The van der Waals surface area contributed by atoms with E-state index in [0.717, 1.165) is 37.7 Å². The molecule has 0 fully saturated rings. The van der Waals surface area contributed by atoms with Crippen molar-refractivity contribution in [1.82, 2.24) is 0 Å². The normalized spacial score (nSPS) is 10.4. The first-order valence-corrected chi connectivity index (χ1v) is 8.53. The molecule has 0 heterocycles. The molecule has 0 spiro atoms. The topological polar surface area (TPSA) is 26.3 Å². The van der Waals surface area contributed by atoms with Gasteiger partial charge < -0.3 is 4.74 Å². The van der Waals surface area contributed by atoms with E-state index >= 15 is 0 Å². The fourth-order valence-electron chi connectivity index (χ4n) is 2.40. The molecular weight excluding hydrogens is 248 g/mol. The highest BCUT2D eigenvalue weighted by Gasteiger charge is 2.11. The minimum absolute atomic E-state index is 0.101. The Kier molecular flexibility index (Phi) is 12.7. The maximum absolute atomic E-state index is 12.0. The van der Waals surface area contributed by atoms with Crippen molar-refractivity contribution in [1.29, 1.82) is 0 Å². The Hall–Kier alpha value is -0.790. The molecule has 0 saturated carbocycles. The molecule has 0 aromatic rings. The van der Waals surface area contributed by atoms with Crippen LogP contribution in [0.3, 0.4) is 0 Å². The van der Waals surface area contributed by atoms with Crippen LogP contribution in [0.4, 0.5) is 0 Å². The molecule has 20 heavy (non-hydrogen) atoms. The third-order valence-electron chi connectivity index (χ3n) is 3.67. The van der Waals surface area contributed by atoms with Gasteiger partial charge in [-0.1, -0.05) is 71.3 Å². The molecule has 0 rings (SSSR count). The number of rotatable bonds is 12. The van der Waals surface area contributed by atoms with E-state index in [1.54, 1.807) is 0 Å². The first kappa shape index (κ1) is 19.2. The molecule has 0 N–H and O–H groups in total. The van der Waals surface area contributed by atoms with Crippen molar-refractivity contribution in [2.75, 3.05) is 6.61 Å². The summed E-state index contributed by atoms with van der Waals surface area (Å²) in [6, 6.07) is 0. The van der Waals surface area contributed by atoms with Gasteiger partial charge in [0.2, 0.25) is 0 Å². The van der Waals surface area contributed by atoms with Crippen LogP contribution >= 0.6 is 0 Å². The van der Waals surface area contributed by atoms with Gasteiger partial charge in [0.15, 0.2) is 0 Å². The van der Waals surface area contributed by atoms with Crippen LogP contribution in [-0.4, -0.2) is 12.6 Å². The van der Waals surface area contributed by atoms with Crippen molar-refractivity contribution in [3.8, 4) is 0 Å². The molecule has 0 aliphatic carbocycles. The maximum atomic E-state index is 12.0. The number of carbonyl (C=O) groups excluding carboxylic acids is 1. The Labute approximate surface area is 126 Å². The van der Waals surface area contributed by atoms with E-state index in [0.29, 0.717) is 6.61 Å². The molecule has 0 saturated heterocycles. The first-order valence-electron chi connectivity index (χ1n) is 8.53. The summed E-state index contributed by atoms with van der Waals surface area (Å²) < 4.78 is 5.39. The average Bonchev–Trinajstić information content (AvgIpc) is 2.45. The highest BCUT2D eigenvalue weighted by molar-refractivity contribution is 5.88. The minimum Gasteiger partial charge on any atom is -0.462 e. The van der Waals surface area contributed by atoms with Crippen molar-refractivity contribution in [3.05, 3.63) is 11.1 Å². The third-order valence-corrected chi connectivity index (χ3v) is 3.67. The third kappa shape index (κ3) is 9.17. The van der Waals surface area contributed by atoms with Gasteiger partial charge in [0, 0.05) is 5.57 Å². The van der Waals surface area contributed by atoms with Crippen molar-refractivity contribution in [2.45, 2.75) is 91.9 Å². The van der Waals surface area contributed by atoms with E-state index in [1.165, 1.54) is 37.7 Å². The van der Waals surface area contributed by atoms with Crippen LogP contribution in [0.2, 0.25) is 0 Å². The van der Waals surface area contributed by atoms with Crippen LogP contribution in [0, 0.1) is 0 Å². The lowest BCUT2D eigenvalue weighted by molar-refractivity contribution is -0.139. The number of hydrogen-bond acceptors (Lipinski definition) is 2. The summed E-state index contributed by atoms with van der Waals surface area (Å²) in [6.07, 6.45) is 11.6. The molecule has 0 aliphatic heterocycles. The molecule has 0 unspecified atom stereocenters. The molecule has 0 aromatic heterocycles. The van der Waals surface area contributed by atoms with Gasteiger partial charge >= 0.3 is 5.97 Å². The van der Waals surface area contributed by atoms with Crippen LogP contribution < -0.4 is 0 Å². The number of hydrogen-bond donors (Lipinski definition) is 0. The number of esters is 1. The molecule has 0 aromatic carbocycles. The van der Waals surface area contributed by atoms with Crippen molar-refractivity contribution in [2.24, 2.45) is 0 Å². The van der Waals surface area contributed by atoms with Gasteiger partial charge in [0.05, 0.1) is 6.61 Å². The first-order chi connectivity index (χ1) is 9.67. The zero-order valence-electron chi connectivity index (χ0n) is 14.1. The highest BCUT2D eigenvalue weighted by Crippen LogP contribution is 2.18. The van der Waals surface area contributed by atoms with Gasteiger partial charge in [-0.25, -0.2) is 4.79 Å². The molecule has 2 heteroatoms. The van der Waals surface area contributed by atoms with Gasteiger partial charge in [-0.2, -0.15) is 0 Å². The molecule has 118 valence electrons. The smallest absolute Gasteiger partial charge is 0.333 e. The number of allylic oxidation sites excluding steroid dienone is 1. The summed E-state index contributed by atoms with van der Waals surface area (Å²) in [7, 11) is 0. The Bertz CT molecular complexity index is 271. The summed E-state index contributed by atoms with van der Waals surface area (Å²) in [4.78, 5) is 12.0. The number of unbranched alkanes of at least 4 members (excludes halogenated alkanes) is 5. The SMILES string of the molecule is CCCCCCCCOC(=O)C(C)=C(CCC)CCC. The zero-order valence-corrected chi connectivity index (χ0v) is 14.1. The second-order valence-electron chi connectivity index (χ2n) is 5.63. The van der Waals surface area contributed by atoms with Crippen LogP contribution in [0.5, 0.6) is 0 Å². The van der Waals surface area contributed by atoms with E-state index in [9.17, 15) is 4.79 Å². The molecule has 0 atom stereocenters. The predicted octanol–water partition coefficient (Wildman–Crippen LogP) is 5.81. The van der Waals surface area contributed by atoms with Crippen molar-refractivity contribution in [3.63, 3.8) is 0 Å². The van der Waals surface area contributed by atoms with Gasteiger partial charge in [-0.05, 0) is 26.2 Å². The highest BCUT2D eigenvalue weighted by atomic mass is 16.5. The number of ether oxygens (including phenoxy) is 1. The molecule has 0 bridgehead atoms. The monoisotopic (exact) mass is 282 g/mol. The quantitative estimate of drug-likeness (QED) is 0.256. The van der Waals surface area contributed by atoms with E-state index in [-0.39, 0.29) is 5.97 Å². The van der Waals surface area contributed by atoms with Gasteiger partial charge in [0.25, 0.3) is 0 Å². The van der Waals surface area contributed by atoms with Crippen molar-refractivity contribution < 1.29 is 9.53 Å². The molecule has 0 amide bonds. The zero-order chi connectivity index (χ0) is 15.2. The lowest BCUT2D eigenvalue weighted by Crippen LogP contribution is -2.09. The largest absolute Gasteiger partial charge is 0.462 e. The summed E-state index contributed by atoms with van der Waals surface area (Å²) in [5.41, 5.74) is 2.13. The fraction of sp³-hybridized carbons (Fsp3) is 0.833. The lowest BCUT2D eigenvalue weighted by atomic mass is 10.0. The Morgan fingerprint density at radius 2 is 1.35 bits per heavy atom. The summed E-state index contributed by atoms with van der Waals surface area (Å²) >= 11 is 0. The fourth-order valence-corrected chi connectivity index (χ4v) is 2.40. The second-order valence-corrected chi connectivity index (χ2v) is 5.63.